The van der Waals surface area contributed by atoms with Gasteiger partial charge in [0.1, 0.15) is 5.92 Å². The number of nitrogens with zero attached hydrogens (tertiary/aromatic N) is 2. The molecule has 1 saturated heterocycles. The van der Waals surface area contributed by atoms with Crippen LogP contribution in [0.2, 0.25) is 0 Å². The van der Waals surface area contributed by atoms with Gasteiger partial charge in [-0.15, -0.1) is 0 Å². The molecule has 0 N–H and O–H groups in total. The van der Waals surface area contributed by atoms with E-state index in [1.54, 1.807) is 38.1 Å². The molecule has 1 aromatic rings. The summed E-state index contributed by atoms with van der Waals surface area (Å²) in [7, 11) is 1.25. The summed E-state index contributed by atoms with van der Waals surface area (Å²) in [6, 6.07) is 6.15. The second-order valence-corrected chi connectivity index (χ2v) is 7.28. The molecule has 1 aliphatic heterocycles. The Kier molecular flexibility index (Phi) is 7.06. The largest absolute Gasteiger partial charge is 0.466 e. The van der Waals surface area contributed by atoms with Crippen LogP contribution in [-0.2, 0) is 23.8 Å². The molecule has 0 bridgehead atoms. The second-order valence-electron chi connectivity index (χ2n) is 7.28. The fourth-order valence-electron chi connectivity index (χ4n) is 4.22. The maximum absolute atomic E-state index is 13.2. The van der Waals surface area contributed by atoms with Crippen molar-refractivity contribution in [3.05, 3.63) is 62.9 Å². The van der Waals surface area contributed by atoms with Gasteiger partial charge >= 0.3 is 11.9 Å². The third kappa shape index (κ3) is 4.46. The number of esters is 2. The predicted octanol–water partition coefficient (Wildman–Crippen LogP) is 2.58. The minimum absolute atomic E-state index is 0.144. The molecule has 9 heteroatoms. The summed E-state index contributed by atoms with van der Waals surface area (Å²) in [5.74, 6) is -3.03. The maximum atomic E-state index is 13.2. The Morgan fingerprint density at radius 3 is 2.55 bits per heavy atom. The number of rotatable bonds is 6. The molecule has 3 rings (SSSR count). The molecule has 0 aromatic heterocycles. The Bertz CT molecular complexity index is 932. The van der Waals surface area contributed by atoms with Crippen LogP contribution >= 0.6 is 0 Å². The number of nitro benzene ring substituents is 1. The highest BCUT2D eigenvalue weighted by Gasteiger charge is 2.46. The summed E-state index contributed by atoms with van der Waals surface area (Å²) < 4.78 is 15.8. The van der Waals surface area contributed by atoms with Gasteiger partial charge in [-0.3, -0.25) is 14.9 Å². The van der Waals surface area contributed by atoms with E-state index in [9.17, 15) is 19.7 Å². The lowest BCUT2D eigenvalue weighted by molar-refractivity contribution is -0.385. The van der Waals surface area contributed by atoms with Gasteiger partial charge in [0.05, 0.1) is 31.9 Å². The highest BCUT2D eigenvalue weighted by Crippen LogP contribution is 2.46. The third-order valence-corrected chi connectivity index (χ3v) is 5.54. The lowest BCUT2D eigenvalue weighted by atomic mass is 9.72. The van der Waals surface area contributed by atoms with E-state index in [1.165, 1.54) is 13.2 Å². The lowest BCUT2D eigenvalue weighted by Crippen LogP contribution is -2.43. The highest BCUT2D eigenvalue weighted by atomic mass is 16.6. The fourth-order valence-corrected chi connectivity index (χ4v) is 4.22. The van der Waals surface area contributed by atoms with Crippen molar-refractivity contribution in [1.29, 1.82) is 0 Å². The Balaban J connectivity index is 2.26. The van der Waals surface area contributed by atoms with Gasteiger partial charge in [-0.05, 0) is 25.5 Å². The molecule has 9 nitrogen and oxygen atoms in total. The summed E-state index contributed by atoms with van der Waals surface area (Å²) in [6.45, 7) is 5.70. The number of ether oxygens (including phenoxy) is 3. The summed E-state index contributed by atoms with van der Waals surface area (Å²) in [4.78, 5) is 39.3. The van der Waals surface area contributed by atoms with E-state index in [-0.39, 0.29) is 23.4 Å². The van der Waals surface area contributed by atoms with Crippen LogP contribution in [0, 0.1) is 16.0 Å². The number of nitro groups is 1. The van der Waals surface area contributed by atoms with Crippen LogP contribution in [0.15, 0.2) is 47.2 Å². The quantitative estimate of drug-likeness (QED) is 0.385. The lowest BCUT2D eigenvalue weighted by Gasteiger charge is -2.40. The summed E-state index contributed by atoms with van der Waals surface area (Å²) >= 11 is 0. The molecule has 1 aromatic carbocycles. The van der Waals surface area contributed by atoms with Crippen LogP contribution in [0.25, 0.3) is 0 Å². The molecular weight excluding hydrogens is 404 g/mol. The van der Waals surface area contributed by atoms with Crippen molar-refractivity contribution in [3.8, 4) is 0 Å². The molecule has 31 heavy (non-hydrogen) atoms. The van der Waals surface area contributed by atoms with Crippen LogP contribution in [0.4, 0.5) is 5.69 Å². The van der Waals surface area contributed by atoms with E-state index in [1.807, 2.05) is 4.90 Å². The van der Waals surface area contributed by atoms with Crippen LogP contribution in [0.5, 0.6) is 0 Å². The molecule has 166 valence electrons. The number of morpholine rings is 1. The number of carbonyl (C=O) groups excluding carboxylic acids is 2. The van der Waals surface area contributed by atoms with Gasteiger partial charge < -0.3 is 19.1 Å². The molecule has 0 spiro atoms. The topological polar surface area (TPSA) is 108 Å². The van der Waals surface area contributed by atoms with Crippen LogP contribution in [0.1, 0.15) is 25.3 Å². The van der Waals surface area contributed by atoms with E-state index < -0.39 is 28.7 Å². The van der Waals surface area contributed by atoms with Crippen molar-refractivity contribution in [2.45, 2.75) is 19.8 Å². The molecule has 1 heterocycles. The number of carbonyl (C=O) groups is 2. The fraction of sp³-hybridized carbons (Fsp3) is 0.455. The van der Waals surface area contributed by atoms with Crippen LogP contribution in [0.3, 0.4) is 0 Å². The van der Waals surface area contributed by atoms with Crippen molar-refractivity contribution in [2.75, 3.05) is 40.0 Å². The molecule has 2 atom stereocenters. The summed E-state index contributed by atoms with van der Waals surface area (Å²) in [6.07, 6.45) is 1.78. The van der Waals surface area contributed by atoms with Crippen LogP contribution < -0.4 is 0 Å². The molecule has 1 fully saturated rings. The zero-order valence-electron chi connectivity index (χ0n) is 17.8. The SMILES string of the molecule is CCOC(=O)[C@H]1C(N2CCOCC2)=CC(C)=C(C(=O)OC)[C@@H]1c1ccccc1[N+](=O)[O-]. The first kappa shape index (κ1) is 22.5. The van der Waals surface area contributed by atoms with Gasteiger partial charge in [0, 0.05) is 41.9 Å². The maximum Gasteiger partial charge on any atom is 0.334 e. The van der Waals surface area contributed by atoms with E-state index in [4.69, 9.17) is 14.2 Å². The van der Waals surface area contributed by atoms with Crippen molar-refractivity contribution in [1.82, 2.24) is 4.90 Å². The van der Waals surface area contributed by atoms with Crippen molar-refractivity contribution in [3.63, 3.8) is 0 Å². The Hall–Kier alpha value is -3.20. The normalized spacial score (nSPS) is 21.4. The third-order valence-electron chi connectivity index (χ3n) is 5.54. The molecule has 2 aliphatic rings. The minimum atomic E-state index is -0.933. The van der Waals surface area contributed by atoms with Gasteiger partial charge in [0.25, 0.3) is 5.69 Å². The number of para-hydroxylation sites is 1. The minimum Gasteiger partial charge on any atom is -0.466 e. The molecule has 0 radical (unpaired) electrons. The first-order valence-corrected chi connectivity index (χ1v) is 10.1. The Labute approximate surface area is 180 Å². The average Bonchev–Trinajstić information content (AvgIpc) is 2.78. The smallest absolute Gasteiger partial charge is 0.334 e. The van der Waals surface area contributed by atoms with Gasteiger partial charge in [0.2, 0.25) is 0 Å². The number of allylic oxidation sites excluding steroid dienone is 2. The van der Waals surface area contributed by atoms with Crippen LogP contribution in [-0.4, -0.2) is 61.8 Å². The summed E-state index contributed by atoms with van der Waals surface area (Å²) in [5.41, 5.74) is 1.57. The molecule has 0 unspecified atom stereocenters. The second kappa shape index (κ2) is 9.74. The van der Waals surface area contributed by atoms with Gasteiger partial charge in [-0.25, -0.2) is 4.79 Å². The van der Waals surface area contributed by atoms with Crippen molar-refractivity contribution in [2.24, 2.45) is 5.92 Å². The van der Waals surface area contributed by atoms with Gasteiger partial charge in [-0.1, -0.05) is 18.2 Å². The van der Waals surface area contributed by atoms with Gasteiger partial charge in [-0.2, -0.15) is 0 Å². The van der Waals surface area contributed by atoms with E-state index >= 15 is 0 Å². The number of hydrogen-bond acceptors (Lipinski definition) is 8. The Morgan fingerprint density at radius 2 is 1.94 bits per heavy atom. The molecule has 1 aliphatic carbocycles. The summed E-state index contributed by atoms with van der Waals surface area (Å²) in [5, 5.41) is 11.8. The molecular formula is C22H26N2O7. The average molecular weight is 430 g/mol. The molecule has 0 saturated carbocycles. The zero-order chi connectivity index (χ0) is 22.5. The first-order chi connectivity index (χ1) is 14.9. The first-order valence-electron chi connectivity index (χ1n) is 10.1. The van der Waals surface area contributed by atoms with Crippen molar-refractivity contribution < 1.29 is 28.7 Å². The Morgan fingerprint density at radius 1 is 1.26 bits per heavy atom. The predicted molar refractivity (Wildman–Crippen MR) is 111 cm³/mol. The molecule has 0 amide bonds. The van der Waals surface area contributed by atoms with E-state index in [0.29, 0.717) is 37.6 Å². The zero-order valence-corrected chi connectivity index (χ0v) is 17.8. The number of methoxy groups -OCH3 is 1. The van der Waals surface area contributed by atoms with Crippen molar-refractivity contribution >= 4 is 17.6 Å². The highest BCUT2D eigenvalue weighted by molar-refractivity contribution is 5.95. The van der Waals surface area contributed by atoms with Gasteiger partial charge in [0.15, 0.2) is 0 Å². The number of benzene rings is 1. The standard InChI is InChI=1S/C22H26N2O7/c1-4-31-22(26)20-17(23-9-11-30-12-10-23)13-14(2)18(21(25)29-3)19(20)15-7-5-6-8-16(15)24(27)28/h5-8,13,19-20H,4,9-12H2,1-3H3/t19-,20-/m0/s1. The number of hydrogen-bond donors (Lipinski definition) is 0. The van der Waals surface area contributed by atoms with E-state index in [2.05, 4.69) is 0 Å². The van der Waals surface area contributed by atoms with E-state index in [0.717, 1.165) is 0 Å². The monoisotopic (exact) mass is 430 g/mol.